The van der Waals surface area contributed by atoms with E-state index < -0.39 is 5.97 Å². The molecule has 6 heteroatoms. The number of rotatable bonds is 6. The molecule has 1 aromatic carbocycles. The Balaban J connectivity index is 2.01. The molecule has 0 aliphatic heterocycles. The topological polar surface area (TPSA) is 84.3 Å². The zero-order valence-electron chi connectivity index (χ0n) is 11.0. The second-order valence-corrected chi connectivity index (χ2v) is 4.10. The van der Waals surface area contributed by atoms with Gasteiger partial charge in [0.1, 0.15) is 17.6 Å². The number of methoxy groups -OCH3 is 1. The fraction of sp³-hybridized carbons (Fsp3) is 0.214. The number of benzene rings is 1. The van der Waals surface area contributed by atoms with E-state index in [0.29, 0.717) is 18.8 Å². The molecule has 0 unspecified atom stereocenters. The Morgan fingerprint density at radius 2 is 2.15 bits per heavy atom. The highest BCUT2D eigenvalue weighted by molar-refractivity contribution is 5.88. The van der Waals surface area contributed by atoms with Gasteiger partial charge in [0.2, 0.25) is 0 Å². The Morgan fingerprint density at radius 1 is 1.35 bits per heavy atom. The van der Waals surface area contributed by atoms with Crippen molar-refractivity contribution in [2.75, 3.05) is 7.11 Å². The molecule has 20 heavy (non-hydrogen) atoms. The van der Waals surface area contributed by atoms with Gasteiger partial charge in [0.05, 0.1) is 12.8 Å². The van der Waals surface area contributed by atoms with Gasteiger partial charge in [-0.05, 0) is 6.07 Å². The van der Waals surface area contributed by atoms with Crippen LogP contribution in [0, 0.1) is 0 Å². The maximum absolute atomic E-state index is 11.0. The summed E-state index contributed by atoms with van der Waals surface area (Å²) in [7, 11) is 1.62. The lowest BCUT2D eigenvalue weighted by Crippen LogP contribution is -2.17. The van der Waals surface area contributed by atoms with Crippen molar-refractivity contribution >= 4 is 5.97 Å². The summed E-state index contributed by atoms with van der Waals surface area (Å²) in [6, 6.07) is 7.65. The summed E-state index contributed by atoms with van der Waals surface area (Å²) in [5.41, 5.74) is 1.57. The summed E-state index contributed by atoms with van der Waals surface area (Å²) < 4.78 is 5.25. The first-order valence-electron chi connectivity index (χ1n) is 6.07. The maximum Gasteiger partial charge on any atom is 0.339 e. The molecule has 104 valence electrons. The van der Waals surface area contributed by atoms with Crippen molar-refractivity contribution in [3.63, 3.8) is 0 Å². The van der Waals surface area contributed by atoms with Gasteiger partial charge in [-0.2, -0.15) is 0 Å². The average molecular weight is 273 g/mol. The highest BCUT2D eigenvalue weighted by Gasteiger charge is 2.11. The second kappa shape index (κ2) is 6.63. The Kier molecular flexibility index (Phi) is 4.62. The van der Waals surface area contributed by atoms with Gasteiger partial charge in [-0.1, -0.05) is 18.2 Å². The number of carboxylic acids is 1. The molecule has 0 bridgehead atoms. The lowest BCUT2D eigenvalue weighted by molar-refractivity contribution is 0.0694. The molecular formula is C14H15N3O3. The van der Waals surface area contributed by atoms with Gasteiger partial charge in [-0.25, -0.2) is 14.8 Å². The van der Waals surface area contributed by atoms with Crippen molar-refractivity contribution in [1.82, 2.24) is 15.3 Å². The van der Waals surface area contributed by atoms with E-state index in [1.54, 1.807) is 7.11 Å². The molecule has 0 fully saturated rings. The first-order valence-corrected chi connectivity index (χ1v) is 6.07. The van der Waals surface area contributed by atoms with Gasteiger partial charge in [-0.3, -0.25) is 0 Å². The van der Waals surface area contributed by atoms with Gasteiger partial charge in [0.25, 0.3) is 0 Å². The molecule has 0 radical (unpaired) electrons. The summed E-state index contributed by atoms with van der Waals surface area (Å²) in [4.78, 5) is 18.7. The van der Waals surface area contributed by atoms with E-state index >= 15 is 0 Å². The Labute approximate surface area is 116 Å². The number of carboxylic acid groups (broad SMARTS) is 1. The molecule has 0 aliphatic carbocycles. The number of carbonyl (C=O) groups is 1. The fourth-order valence-electron chi connectivity index (χ4n) is 1.84. The van der Waals surface area contributed by atoms with Gasteiger partial charge < -0.3 is 15.2 Å². The minimum Gasteiger partial charge on any atom is -0.496 e. The first-order chi connectivity index (χ1) is 9.72. The van der Waals surface area contributed by atoms with Crippen LogP contribution in [0.15, 0.2) is 36.8 Å². The van der Waals surface area contributed by atoms with Crippen molar-refractivity contribution in [3.8, 4) is 5.75 Å². The second-order valence-electron chi connectivity index (χ2n) is 4.10. The van der Waals surface area contributed by atoms with Crippen LogP contribution in [0.2, 0.25) is 0 Å². The Morgan fingerprint density at radius 3 is 2.90 bits per heavy atom. The minimum atomic E-state index is -1.03. The molecule has 6 nitrogen and oxygen atoms in total. The molecule has 0 atom stereocenters. The number of hydrogen-bond acceptors (Lipinski definition) is 5. The van der Waals surface area contributed by atoms with Crippen LogP contribution in [0.1, 0.15) is 21.6 Å². The van der Waals surface area contributed by atoms with Crippen LogP contribution < -0.4 is 10.1 Å². The average Bonchev–Trinajstić information content (AvgIpc) is 2.48. The first kappa shape index (κ1) is 14.0. The van der Waals surface area contributed by atoms with E-state index in [4.69, 9.17) is 9.84 Å². The van der Waals surface area contributed by atoms with E-state index in [-0.39, 0.29) is 5.56 Å². The number of nitrogens with zero attached hydrogens (tertiary/aromatic N) is 2. The minimum absolute atomic E-state index is 0.111. The predicted octanol–water partition coefficient (Wildman–Crippen LogP) is 1.47. The zero-order valence-corrected chi connectivity index (χ0v) is 11.0. The number of nitrogens with one attached hydrogen (secondary N) is 1. The number of aromatic nitrogens is 2. The molecule has 1 heterocycles. The van der Waals surface area contributed by atoms with Crippen molar-refractivity contribution < 1.29 is 14.6 Å². The number of para-hydroxylation sites is 1. The molecule has 0 saturated carbocycles. The summed E-state index contributed by atoms with van der Waals surface area (Å²) in [6.45, 7) is 0.912. The third-order valence-electron chi connectivity index (χ3n) is 2.83. The van der Waals surface area contributed by atoms with Crippen molar-refractivity contribution in [3.05, 3.63) is 53.6 Å². The van der Waals surface area contributed by atoms with E-state index in [1.807, 2.05) is 24.3 Å². The number of hydrogen-bond donors (Lipinski definition) is 2. The SMILES string of the molecule is COc1ccccc1CNCc1ncncc1C(=O)O. The van der Waals surface area contributed by atoms with Crippen LogP contribution in [-0.2, 0) is 13.1 Å². The van der Waals surface area contributed by atoms with Gasteiger partial charge in [0, 0.05) is 24.8 Å². The van der Waals surface area contributed by atoms with Gasteiger partial charge in [0.15, 0.2) is 0 Å². The normalized spacial score (nSPS) is 10.2. The molecule has 2 N–H and O–H groups in total. The lowest BCUT2D eigenvalue weighted by Gasteiger charge is -2.10. The monoisotopic (exact) mass is 273 g/mol. The smallest absolute Gasteiger partial charge is 0.339 e. The fourth-order valence-corrected chi connectivity index (χ4v) is 1.84. The van der Waals surface area contributed by atoms with E-state index in [0.717, 1.165) is 11.3 Å². The van der Waals surface area contributed by atoms with Gasteiger partial charge >= 0.3 is 5.97 Å². The summed E-state index contributed by atoms with van der Waals surface area (Å²) in [6.07, 6.45) is 2.64. The Hall–Kier alpha value is -2.47. The molecule has 2 aromatic rings. The van der Waals surface area contributed by atoms with Crippen LogP contribution in [0.3, 0.4) is 0 Å². The molecule has 2 rings (SSSR count). The largest absolute Gasteiger partial charge is 0.496 e. The Bertz CT molecular complexity index is 602. The van der Waals surface area contributed by atoms with Gasteiger partial charge in [-0.15, -0.1) is 0 Å². The van der Waals surface area contributed by atoms with Crippen molar-refractivity contribution in [1.29, 1.82) is 0 Å². The highest BCUT2D eigenvalue weighted by atomic mass is 16.5. The molecular weight excluding hydrogens is 258 g/mol. The van der Waals surface area contributed by atoms with Crippen molar-refractivity contribution in [2.24, 2.45) is 0 Å². The van der Waals surface area contributed by atoms with Crippen LogP contribution in [-0.4, -0.2) is 28.2 Å². The van der Waals surface area contributed by atoms with E-state index in [2.05, 4.69) is 15.3 Å². The molecule has 0 amide bonds. The maximum atomic E-state index is 11.0. The van der Waals surface area contributed by atoms with Crippen LogP contribution >= 0.6 is 0 Å². The summed E-state index contributed by atoms with van der Waals surface area (Å²) in [5.74, 6) is -0.235. The quantitative estimate of drug-likeness (QED) is 0.829. The zero-order chi connectivity index (χ0) is 14.4. The summed E-state index contributed by atoms with van der Waals surface area (Å²) >= 11 is 0. The molecule has 0 spiro atoms. The third kappa shape index (κ3) is 3.30. The third-order valence-corrected chi connectivity index (χ3v) is 2.83. The number of aromatic carboxylic acids is 1. The summed E-state index contributed by atoms with van der Waals surface area (Å²) in [5, 5.41) is 12.2. The standard InChI is InChI=1S/C14H15N3O3/c1-20-13-5-3-2-4-10(13)6-15-8-12-11(14(18)19)7-16-9-17-12/h2-5,7,9,15H,6,8H2,1H3,(H,18,19). The van der Waals surface area contributed by atoms with E-state index in [1.165, 1.54) is 12.5 Å². The molecule has 0 aliphatic rings. The van der Waals surface area contributed by atoms with E-state index in [9.17, 15) is 4.79 Å². The lowest BCUT2D eigenvalue weighted by atomic mass is 10.2. The molecule has 1 aromatic heterocycles. The highest BCUT2D eigenvalue weighted by Crippen LogP contribution is 2.16. The van der Waals surface area contributed by atoms with Crippen LogP contribution in [0.25, 0.3) is 0 Å². The van der Waals surface area contributed by atoms with Crippen LogP contribution in [0.5, 0.6) is 5.75 Å². The van der Waals surface area contributed by atoms with Crippen LogP contribution in [0.4, 0.5) is 0 Å². The molecule has 0 saturated heterocycles. The predicted molar refractivity (Wildman–Crippen MR) is 72.5 cm³/mol. The number of ether oxygens (including phenoxy) is 1. The van der Waals surface area contributed by atoms with Crippen molar-refractivity contribution in [2.45, 2.75) is 13.1 Å².